The summed E-state index contributed by atoms with van der Waals surface area (Å²) in [5.41, 5.74) is 1.76. The topological polar surface area (TPSA) is 64.0 Å². The Balaban J connectivity index is 1.89. The van der Waals surface area contributed by atoms with E-state index in [-0.39, 0.29) is 23.4 Å². The molecule has 0 aliphatic heterocycles. The van der Waals surface area contributed by atoms with Gasteiger partial charge in [-0.25, -0.2) is 4.98 Å². The highest BCUT2D eigenvalue weighted by Gasteiger charge is 2.12. The van der Waals surface area contributed by atoms with Gasteiger partial charge in [-0.15, -0.1) is 0 Å². The predicted octanol–water partition coefficient (Wildman–Crippen LogP) is 3.90. The molecule has 0 atom stereocenters. The number of anilines is 1. The van der Waals surface area contributed by atoms with Crippen molar-refractivity contribution in [2.24, 2.45) is 0 Å². The van der Waals surface area contributed by atoms with Crippen molar-refractivity contribution in [1.29, 1.82) is 0 Å². The van der Waals surface area contributed by atoms with E-state index >= 15 is 0 Å². The number of carbonyl (C=O) groups is 1. The summed E-state index contributed by atoms with van der Waals surface area (Å²) in [6.07, 6.45) is 2.11. The molecule has 0 spiro atoms. The van der Waals surface area contributed by atoms with Crippen LogP contribution in [-0.2, 0) is 17.8 Å². The third-order valence-electron chi connectivity index (χ3n) is 3.83. The van der Waals surface area contributed by atoms with Crippen LogP contribution in [0, 0.1) is 0 Å². The maximum absolute atomic E-state index is 12.6. The maximum Gasteiger partial charge on any atom is 0.261 e. The molecule has 1 N–H and O–H groups in total. The second-order valence-electron chi connectivity index (χ2n) is 5.52. The summed E-state index contributed by atoms with van der Waals surface area (Å²) < 4.78 is 1.24. The molecule has 3 rings (SSSR count). The van der Waals surface area contributed by atoms with Crippen LogP contribution in [0.4, 0.5) is 5.69 Å². The largest absolute Gasteiger partial charge is 0.324 e. The normalized spacial score (nSPS) is 10.8. The van der Waals surface area contributed by atoms with Gasteiger partial charge in [0.1, 0.15) is 6.54 Å². The van der Waals surface area contributed by atoms with Crippen LogP contribution in [0.2, 0.25) is 10.0 Å². The van der Waals surface area contributed by atoms with Crippen molar-refractivity contribution in [1.82, 2.24) is 9.55 Å². The minimum atomic E-state index is -0.367. The van der Waals surface area contributed by atoms with Gasteiger partial charge in [-0.05, 0) is 30.2 Å². The average Bonchev–Trinajstić information content (AvgIpc) is 2.58. The minimum Gasteiger partial charge on any atom is -0.324 e. The maximum atomic E-state index is 12.6. The van der Waals surface area contributed by atoms with Gasteiger partial charge in [-0.2, -0.15) is 0 Å². The Bertz CT molecular complexity index is 1010. The first-order valence-electron chi connectivity index (χ1n) is 7.71. The van der Waals surface area contributed by atoms with E-state index in [9.17, 15) is 9.59 Å². The van der Waals surface area contributed by atoms with Gasteiger partial charge in [0, 0.05) is 10.7 Å². The number of hydrogen-bond donors (Lipinski definition) is 1. The number of rotatable bonds is 4. The van der Waals surface area contributed by atoms with Crippen molar-refractivity contribution in [3.05, 3.63) is 68.7 Å². The summed E-state index contributed by atoms with van der Waals surface area (Å²) in [5, 5.41) is 3.75. The summed E-state index contributed by atoms with van der Waals surface area (Å²) in [7, 11) is 0. The number of benzene rings is 2. The molecule has 1 amide bonds. The number of fused-ring (bicyclic) bond motifs is 1. The highest BCUT2D eigenvalue weighted by Crippen LogP contribution is 2.24. The molecular weight excluding hydrogens is 361 g/mol. The van der Waals surface area contributed by atoms with E-state index in [4.69, 9.17) is 23.2 Å². The number of nitrogens with one attached hydrogen (secondary N) is 1. The standard InChI is InChI=1S/C18H15Cl2N3O2/c1-2-11-5-3-4-6-15(11)22-16(24)9-23-10-21-17-13(18(23)25)7-12(19)8-14(17)20/h3-8,10H,2,9H2,1H3,(H,22,24). The number of halogens is 2. The number of amides is 1. The fourth-order valence-corrected chi connectivity index (χ4v) is 3.14. The number of aromatic nitrogens is 2. The zero-order chi connectivity index (χ0) is 18.0. The summed E-state index contributed by atoms with van der Waals surface area (Å²) in [4.78, 5) is 29.1. The molecule has 0 unspecified atom stereocenters. The molecule has 0 bridgehead atoms. The smallest absolute Gasteiger partial charge is 0.261 e. The van der Waals surface area contributed by atoms with Crippen LogP contribution in [0.15, 0.2) is 47.5 Å². The van der Waals surface area contributed by atoms with Crippen LogP contribution < -0.4 is 10.9 Å². The fourth-order valence-electron chi connectivity index (χ4n) is 2.60. The summed E-state index contributed by atoms with van der Waals surface area (Å²) in [5.74, 6) is -0.308. The Morgan fingerprint density at radius 2 is 2.00 bits per heavy atom. The van der Waals surface area contributed by atoms with E-state index < -0.39 is 0 Å². The molecule has 25 heavy (non-hydrogen) atoms. The van der Waals surface area contributed by atoms with Gasteiger partial charge in [-0.3, -0.25) is 14.2 Å². The Morgan fingerprint density at radius 3 is 2.76 bits per heavy atom. The van der Waals surface area contributed by atoms with E-state index in [1.165, 1.54) is 23.0 Å². The van der Waals surface area contributed by atoms with E-state index in [1.807, 2.05) is 31.2 Å². The van der Waals surface area contributed by atoms with Crippen molar-refractivity contribution in [2.45, 2.75) is 19.9 Å². The Kier molecular flexibility index (Phi) is 5.06. The lowest BCUT2D eigenvalue weighted by atomic mass is 10.1. The molecule has 0 aliphatic carbocycles. The molecule has 0 saturated heterocycles. The Morgan fingerprint density at radius 1 is 1.24 bits per heavy atom. The van der Waals surface area contributed by atoms with E-state index in [0.29, 0.717) is 15.6 Å². The van der Waals surface area contributed by atoms with Crippen LogP contribution in [0.5, 0.6) is 0 Å². The summed E-state index contributed by atoms with van der Waals surface area (Å²) >= 11 is 12.0. The van der Waals surface area contributed by atoms with Crippen molar-refractivity contribution < 1.29 is 4.79 Å². The lowest BCUT2D eigenvalue weighted by molar-refractivity contribution is -0.116. The van der Waals surface area contributed by atoms with Crippen molar-refractivity contribution in [3.63, 3.8) is 0 Å². The quantitative estimate of drug-likeness (QED) is 0.751. The number of carbonyl (C=O) groups excluding carboxylic acids is 1. The van der Waals surface area contributed by atoms with E-state index in [0.717, 1.165) is 17.7 Å². The molecule has 2 aromatic carbocycles. The predicted molar refractivity (Wildman–Crippen MR) is 100 cm³/mol. The molecular formula is C18H15Cl2N3O2. The molecule has 5 nitrogen and oxygen atoms in total. The second kappa shape index (κ2) is 7.25. The lowest BCUT2D eigenvalue weighted by Crippen LogP contribution is -2.28. The molecule has 0 radical (unpaired) electrons. The SMILES string of the molecule is CCc1ccccc1NC(=O)Cn1cnc2c(Cl)cc(Cl)cc2c1=O. The first kappa shape index (κ1) is 17.5. The number of para-hydroxylation sites is 1. The Labute approximate surface area is 154 Å². The molecule has 1 aromatic heterocycles. The van der Waals surface area contributed by atoms with Crippen LogP contribution >= 0.6 is 23.2 Å². The number of nitrogens with zero attached hydrogens (tertiary/aromatic N) is 2. The van der Waals surface area contributed by atoms with Gasteiger partial charge >= 0.3 is 0 Å². The van der Waals surface area contributed by atoms with Crippen LogP contribution in [0.25, 0.3) is 10.9 Å². The van der Waals surface area contributed by atoms with Crippen LogP contribution in [0.3, 0.4) is 0 Å². The van der Waals surface area contributed by atoms with Gasteiger partial charge < -0.3 is 5.32 Å². The average molecular weight is 376 g/mol. The summed E-state index contributed by atoms with van der Waals surface area (Å²) in [6.45, 7) is 1.86. The first-order valence-corrected chi connectivity index (χ1v) is 8.47. The monoisotopic (exact) mass is 375 g/mol. The van der Waals surface area contributed by atoms with Gasteiger partial charge in [-0.1, -0.05) is 48.3 Å². The Hall–Kier alpha value is -2.37. The molecule has 0 fully saturated rings. The van der Waals surface area contributed by atoms with Gasteiger partial charge in [0.2, 0.25) is 5.91 Å². The zero-order valence-corrected chi connectivity index (χ0v) is 14.9. The van der Waals surface area contributed by atoms with Gasteiger partial charge in [0.25, 0.3) is 5.56 Å². The van der Waals surface area contributed by atoms with E-state index in [1.54, 1.807) is 0 Å². The third kappa shape index (κ3) is 3.67. The molecule has 0 aliphatic rings. The molecule has 7 heteroatoms. The van der Waals surface area contributed by atoms with Crippen LogP contribution in [0.1, 0.15) is 12.5 Å². The second-order valence-corrected chi connectivity index (χ2v) is 6.36. The van der Waals surface area contributed by atoms with Gasteiger partial charge in [0.05, 0.1) is 22.3 Å². The highest BCUT2D eigenvalue weighted by molar-refractivity contribution is 6.38. The highest BCUT2D eigenvalue weighted by atomic mass is 35.5. The summed E-state index contributed by atoms with van der Waals surface area (Å²) in [6, 6.07) is 10.6. The molecule has 0 saturated carbocycles. The zero-order valence-electron chi connectivity index (χ0n) is 13.4. The number of hydrogen-bond acceptors (Lipinski definition) is 3. The lowest BCUT2D eigenvalue weighted by Gasteiger charge is -2.11. The molecule has 1 heterocycles. The third-order valence-corrected chi connectivity index (χ3v) is 4.34. The van der Waals surface area contributed by atoms with Crippen molar-refractivity contribution in [3.8, 4) is 0 Å². The van der Waals surface area contributed by atoms with Crippen molar-refractivity contribution in [2.75, 3.05) is 5.32 Å². The fraction of sp³-hybridized carbons (Fsp3) is 0.167. The number of aryl methyl sites for hydroxylation is 1. The van der Waals surface area contributed by atoms with Gasteiger partial charge in [0.15, 0.2) is 0 Å². The molecule has 128 valence electrons. The van der Waals surface area contributed by atoms with E-state index in [2.05, 4.69) is 10.3 Å². The first-order chi connectivity index (χ1) is 12.0. The minimum absolute atomic E-state index is 0.149. The van der Waals surface area contributed by atoms with Crippen molar-refractivity contribution >= 4 is 45.7 Å². The van der Waals surface area contributed by atoms with Crippen LogP contribution in [-0.4, -0.2) is 15.5 Å². The molecule has 3 aromatic rings.